The molecule has 0 aliphatic carbocycles. The Balaban J connectivity index is 1.52. The monoisotopic (exact) mass is 416 g/mol. The van der Waals surface area contributed by atoms with Crippen molar-refractivity contribution in [2.45, 2.75) is 44.9 Å². The van der Waals surface area contributed by atoms with Crippen molar-refractivity contribution in [2.75, 3.05) is 18.4 Å². The van der Waals surface area contributed by atoms with Crippen LogP contribution in [0.3, 0.4) is 0 Å². The Hall–Kier alpha value is -2.38. The van der Waals surface area contributed by atoms with Crippen molar-refractivity contribution in [2.24, 2.45) is 5.92 Å². The number of fused-ring (bicyclic) bond motifs is 2. The Bertz CT molecular complexity index is 918. The van der Waals surface area contributed by atoms with Gasteiger partial charge in [0.1, 0.15) is 11.4 Å². The molecule has 1 aromatic heterocycles. The molecule has 0 bridgehead atoms. The fourth-order valence-electron chi connectivity index (χ4n) is 4.12. The van der Waals surface area contributed by atoms with Crippen LogP contribution in [0.4, 0.5) is 5.69 Å². The van der Waals surface area contributed by atoms with Crippen LogP contribution >= 0.6 is 11.6 Å². The molecule has 29 heavy (non-hydrogen) atoms. The lowest BCUT2D eigenvalue weighted by Crippen LogP contribution is -2.54. The topological polar surface area (TPSA) is 76.5 Å². The number of halogens is 1. The Morgan fingerprint density at radius 3 is 2.76 bits per heavy atom. The molecule has 1 aromatic carbocycles. The molecule has 154 valence electrons. The number of hydrogen-bond acceptors (Lipinski definition) is 4. The van der Waals surface area contributed by atoms with E-state index in [9.17, 15) is 9.59 Å². The zero-order valence-electron chi connectivity index (χ0n) is 16.6. The van der Waals surface area contributed by atoms with E-state index >= 15 is 0 Å². The highest BCUT2D eigenvalue weighted by Crippen LogP contribution is 2.40. The van der Waals surface area contributed by atoms with Gasteiger partial charge in [-0.3, -0.25) is 9.59 Å². The van der Waals surface area contributed by atoms with E-state index in [0.717, 1.165) is 5.82 Å². The fourth-order valence-corrected chi connectivity index (χ4v) is 4.31. The molecule has 1 spiro atoms. The molecular formula is C21H25ClN4O3. The minimum atomic E-state index is -0.661. The van der Waals surface area contributed by atoms with Gasteiger partial charge >= 0.3 is 0 Å². The summed E-state index contributed by atoms with van der Waals surface area (Å²) in [4.78, 5) is 31.7. The number of carbonyl (C=O) groups excluding carboxylic acids is 2. The van der Waals surface area contributed by atoms with Crippen LogP contribution in [0.2, 0.25) is 5.02 Å². The number of aromatic nitrogens is 2. The Morgan fingerprint density at radius 2 is 2.07 bits per heavy atom. The second kappa shape index (κ2) is 7.80. The third kappa shape index (κ3) is 3.89. The van der Waals surface area contributed by atoms with Crippen molar-refractivity contribution < 1.29 is 14.3 Å². The van der Waals surface area contributed by atoms with E-state index in [-0.39, 0.29) is 17.7 Å². The van der Waals surface area contributed by atoms with Crippen molar-refractivity contribution >= 4 is 29.1 Å². The van der Waals surface area contributed by atoms with Gasteiger partial charge in [0.05, 0.1) is 6.54 Å². The smallest absolute Gasteiger partial charge is 0.255 e. The second-order valence-electron chi connectivity index (χ2n) is 7.98. The summed E-state index contributed by atoms with van der Waals surface area (Å²) >= 11 is 6.02. The maximum Gasteiger partial charge on any atom is 0.255 e. The molecule has 7 nitrogen and oxygen atoms in total. The summed E-state index contributed by atoms with van der Waals surface area (Å²) in [7, 11) is 0. The first kappa shape index (κ1) is 19.9. The highest BCUT2D eigenvalue weighted by atomic mass is 35.5. The minimum Gasteiger partial charge on any atom is -0.352 e. The molecule has 8 heteroatoms. The lowest BCUT2D eigenvalue weighted by molar-refractivity contribution is -0.173. The van der Waals surface area contributed by atoms with E-state index in [1.54, 1.807) is 30.5 Å². The molecule has 2 aromatic rings. The number of hydrogen-bond donors (Lipinski definition) is 1. The first-order valence-corrected chi connectivity index (χ1v) is 10.3. The molecule has 1 saturated heterocycles. The molecule has 2 aliphatic heterocycles. The van der Waals surface area contributed by atoms with E-state index in [0.29, 0.717) is 43.2 Å². The van der Waals surface area contributed by atoms with Crippen LogP contribution in [0, 0.1) is 5.92 Å². The number of carbonyl (C=O) groups is 2. The number of likely N-dealkylation sites (tertiary alicyclic amines) is 1. The SMILES string of the molecule is CC(C)C(=O)N1CCC2(CC1)O[C@@H](C(=O)Nc1cccc(Cl)c1)Cn1ccnc12. The third-order valence-electron chi connectivity index (χ3n) is 5.61. The molecule has 1 atom stereocenters. The van der Waals surface area contributed by atoms with Crippen molar-refractivity contribution in [3.05, 3.63) is 47.5 Å². The van der Waals surface area contributed by atoms with Crippen molar-refractivity contribution in [3.63, 3.8) is 0 Å². The van der Waals surface area contributed by atoms with Gasteiger partial charge in [-0.05, 0) is 18.2 Å². The van der Waals surface area contributed by atoms with Crippen LogP contribution in [0.15, 0.2) is 36.7 Å². The highest BCUT2D eigenvalue weighted by Gasteiger charge is 2.47. The van der Waals surface area contributed by atoms with E-state index in [2.05, 4.69) is 10.3 Å². The van der Waals surface area contributed by atoms with Gasteiger partial charge < -0.3 is 19.5 Å². The first-order chi connectivity index (χ1) is 13.9. The zero-order chi connectivity index (χ0) is 20.6. The number of anilines is 1. The quantitative estimate of drug-likeness (QED) is 0.834. The lowest BCUT2D eigenvalue weighted by Gasteiger charge is -2.45. The lowest BCUT2D eigenvalue weighted by atomic mass is 9.88. The van der Waals surface area contributed by atoms with Crippen molar-refractivity contribution in [3.8, 4) is 0 Å². The molecule has 0 unspecified atom stereocenters. The van der Waals surface area contributed by atoms with Crippen LogP contribution < -0.4 is 5.32 Å². The number of ether oxygens (including phenoxy) is 1. The number of nitrogens with zero attached hydrogens (tertiary/aromatic N) is 3. The summed E-state index contributed by atoms with van der Waals surface area (Å²) in [6, 6.07) is 7.04. The predicted molar refractivity (Wildman–Crippen MR) is 110 cm³/mol. The van der Waals surface area contributed by atoms with Crippen LogP contribution in [0.25, 0.3) is 0 Å². The largest absolute Gasteiger partial charge is 0.352 e. The summed E-state index contributed by atoms with van der Waals surface area (Å²) in [5.74, 6) is 0.733. The number of rotatable bonds is 3. The number of benzene rings is 1. The molecule has 4 rings (SSSR count). The molecular weight excluding hydrogens is 392 g/mol. The molecule has 2 aliphatic rings. The Kier molecular flexibility index (Phi) is 5.36. The summed E-state index contributed by atoms with van der Waals surface area (Å²) in [5, 5.41) is 3.45. The number of amides is 2. The average molecular weight is 417 g/mol. The maximum atomic E-state index is 12.9. The van der Waals surface area contributed by atoms with Gasteiger partial charge in [-0.15, -0.1) is 0 Å². The average Bonchev–Trinajstić information content (AvgIpc) is 3.18. The van der Waals surface area contributed by atoms with Gasteiger partial charge in [0.15, 0.2) is 6.10 Å². The molecule has 2 amide bonds. The highest BCUT2D eigenvalue weighted by molar-refractivity contribution is 6.30. The van der Waals surface area contributed by atoms with E-state index < -0.39 is 11.7 Å². The maximum absolute atomic E-state index is 12.9. The molecule has 0 saturated carbocycles. The summed E-state index contributed by atoms with van der Waals surface area (Å²) < 4.78 is 8.38. The summed E-state index contributed by atoms with van der Waals surface area (Å²) in [6.07, 6.45) is 4.20. The Labute approximate surface area is 175 Å². The number of imidazole rings is 1. The van der Waals surface area contributed by atoms with Crippen LogP contribution in [-0.2, 0) is 26.5 Å². The van der Waals surface area contributed by atoms with Gasteiger partial charge in [0.25, 0.3) is 5.91 Å². The first-order valence-electron chi connectivity index (χ1n) is 9.93. The standard InChI is InChI=1S/C21H25ClN4O3/c1-14(2)19(28)25-9-6-21(7-10-25)20-23-8-11-26(20)13-17(29-21)18(27)24-16-5-3-4-15(22)12-16/h3-5,8,11-12,14,17H,6-7,9-10,13H2,1-2H3,(H,24,27)/t17-/m1/s1. The van der Waals surface area contributed by atoms with E-state index in [1.165, 1.54) is 0 Å². The molecule has 1 fully saturated rings. The molecule has 3 heterocycles. The van der Waals surface area contributed by atoms with E-state index in [4.69, 9.17) is 16.3 Å². The molecule has 1 N–H and O–H groups in total. The van der Waals surface area contributed by atoms with Gasteiger partial charge in [-0.2, -0.15) is 0 Å². The van der Waals surface area contributed by atoms with Crippen LogP contribution in [-0.4, -0.2) is 45.5 Å². The fraction of sp³-hybridized carbons (Fsp3) is 0.476. The third-order valence-corrected chi connectivity index (χ3v) is 5.85. The minimum absolute atomic E-state index is 0.0328. The summed E-state index contributed by atoms with van der Waals surface area (Å²) in [6.45, 7) is 5.40. The van der Waals surface area contributed by atoms with Gasteiger partial charge in [0.2, 0.25) is 5.91 Å². The van der Waals surface area contributed by atoms with Crippen LogP contribution in [0.1, 0.15) is 32.5 Å². The normalized spacial score (nSPS) is 20.6. The van der Waals surface area contributed by atoms with Crippen molar-refractivity contribution in [1.82, 2.24) is 14.5 Å². The van der Waals surface area contributed by atoms with Gasteiger partial charge in [-0.1, -0.05) is 31.5 Å². The summed E-state index contributed by atoms with van der Waals surface area (Å²) in [5.41, 5.74) is -0.0276. The second-order valence-corrected chi connectivity index (χ2v) is 8.42. The van der Waals surface area contributed by atoms with Crippen molar-refractivity contribution in [1.29, 1.82) is 0 Å². The van der Waals surface area contributed by atoms with E-state index in [1.807, 2.05) is 29.5 Å². The number of piperidine rings is 1. The molecule has 0 radical (unpaired) electrons. The zero-order valence-corrected chi connectivity index (χ0v) is 17.4. The Morgan fingerprint density at radius 1 is 1.31 bits per heavy atom. The van der Waals surface area contributed by atoms with Gasteiger partial charge in [0, 0.05) is 55.0 Å². The van der Waals surface area contributed by atoms with Gasteiger partial charge in [-0.25, -0.2) is 4.98 Å². The predicted octanol–water partition coefficient (Wildman–Crippen LogP) is 3.05. The number of nitrogens with one attached hydrogen (secondary N) is 1. The van der Waals surface area contributed by atoms with Crippen LogP contribution in [0.5, 0.6) is 0 Å².